The van der Waals surface area contributed by atoms with E-state index in [0.717, 1.165) is 5.69 Å². The van der Waals surface area contributed by atoms with Gasteiger partial charge in [-0.3, -0.25) is 4.98 Å². The molecule has 0 aromatic carbocycles. The SMILES string of the molecule is Cc1cnc(-c2ncccn2)cn1. The highest BCUT2D eigenvalue weighted by molar-refractivity contribution is 5.45. The summed E-state index contributed by atoms with van der Waals surface area (Å²) < 4.78 is 0. The third-order valence-corrected chi connectivity index (χ3v) is 1.58. The highest BCUT2D eigenvalue weighted by Crippen LogP contribution is 2.07. The van der Waals surface area contributed by atoms with Gasteiger partial charge in [-0.15, -0.1) is 0 Å². The van der Waals surface area contributed by atoms with Gasteiger partial charge < -0.3 is 0 Å². The van der Waals surface area contributed by atoms with E-state index in [-0.39, 0.29) is 0 Å². The fourth-order valence-corrected chi connectivity index (χ4v) is 0.939. The van der Waals surface area contributed by atoms with Gasteiger partial charge in [-0.1, -0.05) is 0 Å². The molecule has 2 aromatic heterocycles. The third kappa shape index (κ3) is 1.66. The molecule has 2 heterocycles. The monoisotopic (exact) mass is 172 g/mol. The zero-order valence-corrected chi connectivity index (χ0v) is 7.18. The van der Waals surface area contributed by atoms with Crippen molar-refractivity contribution < 1.29 is 0 Å². The van der Waals surface area contributed by atoms with Crippen molar-refractivity contribution in [2.45, 2.75) is 6.92 Å². The van der Waals surface area contributed by atoms with E-state index in [1.807, 2.05) is 6.92 Å². The van der Waals surface area contributed by atoms with Gasteiger partial charge in [-0.2, -0.15) is 0 Å². The second-order valence-electron chi connectivity index (χ2n) is 2.62. The molecule has 0 fully saturated rings. The highest BCUT2D eigenvalue weighted by Gasteiger charge is 2.00. The van der Waals surface area contributed by atoms with Crippen molar-refractivity contribution in [2.24, 2.45) is 0 Å². The molecule has 0 spiro atoms. The van der Waals surface area contributed by atoms with E-state index in [4.69, 9.17) is 0 Å². The van der Waals surface area contributed by atoms with Gasteiger partial charge in [0.2, 0.25) is 0 Å². The van der Waals surface area contributed by atoms with Crippen molar-refractivity contribution in [3.05, 3.63) is 36.5 Å². The third-order valence-electron chi connectivity index (χ3n) is 1.58. The predicted octanol–water partition coefficient (Wildman–Crippen LogP) is 1.24. The Morgan fingerprint density at radius 2 is 1.69 bits per heavy atom. The Balaban J connectivity index is 2.42. The van der Waals surface area contributed by atoms with Crippen LogP contribution in [0.15, 0.2) is 30.9 Å². The topological polar surface area (TPSA) is 51.6 Å². The van der Waals surface area contributed by atoms with Crippen molar-refractivity contribution in [2.75, 3.05) is 0 Å². The van der Waals surface area contributed by atoms with Crippen molar-refractivity contribution in [3.8, 4) is 11.5 Å². The van der Waals surface area contributed by atoms with Crippen LogP contribution < -0.4 is 0 Å². The van der Waals surface area contributed by atoms with E-state index in [1.54, 1.807) is 30.9 Å². The van der Waals surface area contributed by atoms with Gasteiger partial charge >= 0.3 is 0 Å². The molecule has 13 heavy (non-hydrogen) atoms. The summed E-state index contributed by atoms with van der Waals surface area (Å²) in [6.45, 7) is 1.89. The van der Waals surface area contributed by atoms with Gasteiger partial charge in [-0.25, -0.2) is 15.0 Å². The van der Waals surface area contributed by atoms with Crippen molar-refractivity contribution >= 4 is 0 Å². The molecular weight excluding hydrogens is 164 g/mol. The average Bonchev–Trinajstić information content (AvgIpc) is 2.20. The quantitative estimate of drug-likeness (QED) is 0.649. The number of hydrogen-bond acceptors (Lipinski definition) is 4. The summed E-state index contributed by atoms with van der Waals surface area (Å²) in [5.74, 6) is 0.606. The zero-order valence-electron chi connectivity index (χ0n) is 7.18. The molecule has 0 aliphatic carbocycles. The Morgan fingerprint density at radius 1 is 0.923 bits per heavy atom. The predicted molar refractivity (Wildman–Crippen MR) is 47.8 cm³/mol. The molecule has 0 atom stereocenters. The number of rotatable bonds is 1. The maximum Gasteiger partial charge on any atom is 0.179 e. The van der Waals surface area contributed by atoms with Crippen LogP contribution in [0.25, 0.3) is 11.5 Å². The molecule has 0 radical (unpaired) electrons. The molecule has 0 saturated heterocycles. The van der Waals surface area contributed by atoms with Crippen LogP contribution in [0.2, 0.25) is 0 Å². The Labute approximate surface area is 75.7 Å². The minimum Gasteiger partial charge on any atom is -0.258 e. The maximum absolute atomic E-state index is 4.16. The lowest BCUT2D eigenvalue weighted by Crippen LogP contribution is -1.92. The summed E-state index contributed by atoms with van der Waals surface area (Å²) in [6, 6.07) is 1.77. The molecule has 64 valence electrons. The number of aromatic nitrogens is 4. The lowest BCUT2D eigenvalue weighted by atomic mass is 10.4. The highest BCUT2D eigenvalue weighted by atomic mass is 14.9. The fraction of sp³-hybridized carbons (Fsp3) is 0.111. The van der Waals surface area contributed by atoms with Crippen molar-refractivity contribution in [3.63, 3.8) is 0 Å². The molecule has 0 unspecified atom stereocenters. The molecule has 2 aromatic rings. The lowest BCUT2D eigenvalue weighted by Gasteiger charge is -1.96. The van der Waals surface area contributed by atoms with E-state index in [9.17, 15) is 0 Å². The van der Waals surface area contributed by atoms with E-state index in [2.05, 4.69) is 19.9 Å². The Kier molecular flexibility index (Phi) is 1.96. The summed E-state index contributed by atoms with van der Waals surface area (Å²) in [5.41, 5.74) is 1.59. The van der Waals surface area contributed by atoms with Crippen molar-refractivity contribution in [1.82, 2.24) is 19.9 Å². The summed E-state index contributed by atoms with van der Waals surface area (Å²) in [6.07, 6.45) is 6.74. The van der Waals surface area contributed by atoms with Crippen LogP contribution in [0.4, 0.5) is 0 Å². The van der Waals surface area contributed by atoms with Gasteiger partial charge in [0.1, 0.15) is 5.69 Å². The molecule has 2 rings (SSSR count). The molecule has 0 amide bonds. The van der Waals surface area contributed by atoms with Crippen molar-refractivity contribution in [1.29, 1.82) is 0 Å². The van der Waals surface area contributed by atoms with Gasteiger partial charge in [-0.05, 0) is 13.0 Å². The van der Waals surface area contributed by atoms with Gasteiger partial charge in [0.15, 0.2) is 5.82 Å². The first-order valence-electron chi connectivity index (χ1n) is 3.92. The first kappa shape index (κ1) is 7.79. The van der Waals surface area contributed by atoms with Gasteiger partial charge in [0.25, 0.3) is 0 Å². The maximum atomic E-state index is 4.16. The van der Waals surface area contributed by atoms with Crippen LogP contribution in [-0.4, -0.2) is 19.9 Å². The Bertz CT molecular complexity index is 382. The number of hydrogen-bond donors (Lipinski definition) is 0. The summed E-state index contributed by atoms with van der Waals surface area (Å²) in [7, 11) is 0. The normalized spacial score (nSPS) is 9.92. The van der Waals surface area contributed by atoms with Crippen LogP contribution in [0.1, 0.15) is 5.69 Å². The summed E-state index contributed by atoms with van der Waals surface area (Å²) in [4.78, 5) is 16.4. The second kappa shape index (κ2) is 3.26. The summed E-state index contributed by atoms with van der Waals surface area (Å²) >= 11 is 0. The molecule has 0 aliphatic heterocycles. The summed E-state index contributed by atoms with van der Waals surface area (Å²) in [5, 5.41) is 0. The van der Waals surface area contributed by atoms with E-state index in [1.165, 1.54) is 0 Å². The van der Waals surface area contributed by atoms with Crippen LogP contribution in [0, 0.1) is 6.92 Å². The van der Waals surface area contributed by atoms with Gasteiger partial charge in [0.05, 0.1) is 11.9 Å². The zero-order chi connectivity index (χ0) is 9.10. The van der Waals surface area contributed by atoms with Crippen LogP contribution >= 0.6 is 0 Å². The first-order chi connectivity index (χ1) is 6.36. The minimum absolute atomic E-state index is 0.606. The van der Waals surface area contributed by atoms with Crippen LogP contribution in [-0.2, 0) is 0 Å². The van der Waals surface area contributed by atoms with E-state index in [0.29, 0.717) is 11.5 Å². The average molecular weight is 172 g/mol. The Hall–Kier alpha value is -1.84. The van der Waals surface area contributed by atoms with E-state index >= 15 is 0 Å². The number of nitrogens with zero attached hydrogens (tertiary/aromatic N) is 4. The second-order valence-corrected chi connectivity index (χ2v) is 2.62. The minimum atomic E-state index is 0.606. The molecule has 4 heteroatoms. The smallest absolute Gasteiger partial charge is 0.179 e. The number of aryl methyl sites for hydroxylation is 1. The largest absolute Gasteiger partial charge is 0.258 e. The Morgan fingerprint density at radius 3 is 2.31 bits per heavy atom. The standard InChI is InChI=1S/C9H8N4/c1-7-5-13-8(6-12-7)9-10-3-2-4-11-9/h2-6H,1H3. The molecule has 4 nitrogen and oxygen atoms in total. The fourth-order valence-electron chi connectivity index (χ4n) is 0.939. The van der Waals surface area contributed by atoms with Crippen LogP contribution in [0.5, 0.6) is 0 Å². The van der Waals surface area contributed by atoms with E-state index < -0.39 is 0 Å². The lowest BCUT2D eigenvalue weighted by molar-refractivity contribution is 1.08. The van der Waals surface area contributed by atoms with Gasteiger partial charge in [0, 0.05) is 18.6 Å². The molecule has 0 aliphatic rings. The first-order valence-corrected chi connectivity index (χ1v) is 3.92. The molecule has 0 N–H and O–H groups in total. The van der Waals surface area contributed by atoms with Crippen LogP contribution in [0.3, 0.4) is 0 Å². The molecular formula is C9H8N4. The molecule has 0 saturated carbocycles. The molecule has 0 bridgehead atoms.